The molecular formula is C9H9O4P. The summed E-state index contributed by atoms with van der Waals surface area (Å²) >= 11 is 0. The highest BCUT2D eigenvalue weighted by Crippen LogP contribution is 2.18. The average Bonchev–Trinajstić information content (AvgIpc) is 2.16. The van der Waals surface area contributed by atoms with Crippen LogP contribution in [0, 0.1) is 0 Å². The summed E-state index contributed by atoms with van der Waals surface area (Å²) in [5, 5.41) is 17.6. The number of carbonyl (C=O) groups is 2. The molecular weight excluding hydrogens is 203 g/mol. The van der Waals surface area contributed by atoms with E-state index in [-0.39, 0.29) is 11.1 Å². The fourth-order valence-electron chi connectivity index (χ4n) is 1.21. The third kappa shape index (κ3) is 1.91. The minimum Gasteiger partial charge on any atom is -0.478 e. The molecule has 0 aliphatic heterocycles. The summed E-state index contributed by atoms with van der Waals surface area (Å²) < 4.78 is 0. The van der Waals surface area contributed by atoms with Crippen LogP contribution in [0.15, 0.2) is 18.2 Å². The first-order valence-electron chi connectivity index (χ1n) is 3.86. The lowest BCUT2D eigenvalue weighted by atomic mass is 10.0. The summed E-state index contributed by atoms with van der Waals surface area (Å²) in [6.07, 6.45) is 0.310. The second kappa shape index (κ2) is 4.20. The molecule has 1 aromatic carbocycles. The van der Waals surface area contributed by atoms with Crippen molar-refractivity contribution in [2.24, 2.45) is 0 Å². The summed E-state index contributed by atoms with van der Waals surface area (Å²) in [7, 11) is 2.33. The first kappa shape index (κ1) is 10.7. The highest BCUT2D eigenvalue weighted by atomic mass is 31.0. The number of aromatic carboxylic acids is 2. The Balaban J connectivity index is 3.39. The molecule has 1 aromatic rings. The van der Waals surface area contributed by atoms with Crippen LogP contribution in [0.2, 0.25) is 0 Å². The molecule has 0 saturated carbocycles. The van der Waals surface area contributed by atoms with Crippen LogP contribution in [0.25, 0.3) is 0 Å². The zero-order valence-corrected chi connectivity index (χ0v) is 8.38. The van der Waals surface area contributed by atoms with Gasteiger partial charge in [-0.1, -0.05) is 6.07 Å². The van der Waals surface area contributed by atoms with Gasteiger partial charge in [-0.15, -0.1) is 9.24 Å². The molecule has 2 N–H and O–H groups in total. The molecule has 0 saturated heterocycles. The molecule has 0 spiro atoms. The topological polar surface area (TPSA) is 74.6 Å². The van der Waals surface area contributed by atoms with Gasteiger partial charge in [-0.3, -0.25) is 0 Å². The Morgan fingerprint density at radius 1 is 1.14 bits per heavy atom. The summed E-state index contributed by atoms with van der Waals surface area (Å²) in [4.78, 5) is 21.5. The van der Waals surface area contributed by atoms with Gasteiger partial charge in [0.15, 0.2) is 0 Å². The van der Waals surface area contributed by atoms with Crippen LogP contribution < -0.4 is 0 Å². The molecule has 0 aromatic heterocycles. The maximum absolute atomic E-state index is 10.8. The molecule has 0 aliphatic rings. The van der Waals surface area contributed by atoms with Gasteiger partial charge in [0.05, 0.1) is 11.1 Å². The van der Waals surface area contributed by atoms with Gasteiger partial charge in [0.25, 0.3) is 0 Å². The summed E-state index contributed by atoms with van der Waals surface area (Å²) in [6.45, 7) is 0. The molecule has 0 bridgehead atoms. The van der Waals surface area contributed by atoms with Crippen molar-refractivity contribution < 1.29 is 19.8 Å². The van der Waals surface area contributed by atoms with Crippen LogP contribution in [0.4, 0.5) is 0 Å². The minimum atomic E-state index is -1.11. The van der Waals surface area contributed by atoms with Crippen molar-refractivity contribution >= 4 is 21.2 Å². The molecule has 4 nitrogen and oxygen atoms in total. The van der Waals surface area contributed by atoms with Gasteiger partial charge >= 0.3 is 11.9 Å². The summed E-state index contributed by atoms with van der Waals surface area (Å²) in [6, 6.07) is 4.22. The maximum atomic E-state index is 10.8. The van der Waals surface area contributed by atoms with Crippen LogP contribution >= 0.6 is 9.24 Å². The van der Waals surface area contributed by atoms with Crippen molar-refractivity contribution in [2.45, 2.75) is 6.16 Å². The second-order valence-corrected chi connectivity index (χ2v) is 3.05. The quantitative estimate of drug-likeness (QED) is 0.743. The van der Waals surface area contributed by atoms with E-state index in [1.165, 1.54) is 18.2 Å². The van der Waals surface area contributed by atoms with E-state index >= 15 is 0 Å². The molecule has 1 unspecified atom stereocenters. The number of carboxylic acids is 2. The van der Waals surface area contributed by atoms with E-state index in [9.17, 15) is 9.59 Å². The molecule has 0 aliphatic carbocycles. The summed E-state index contributed by atoms with van der Waals surface area (Å²) in [5.41, 5.74) is 0.414. The lowest BCUT2D eigenvalue weighted by Crippen LogP contribution is -2.08. The third-order valence-electron chi connectivity index (χ3n) is 1.84. The predicted octanol–water partition coefficient (Wildman–Crippen LogP) is 1.46. The van der Waals surface area contributed by atoms with Crippen LogP contribution in [0.1, 0.15) is 26.3 Å². The molecule has 5 heteroatoms. The van der Waals surface area contributed by atoms with E-state index in [0.29, 0.717) is 11.7 Å². The van der Waals surface area contributed by atoms with E-state index in [1.807, 2.05) is 0 Å². The molecule has 1 atom stereocenters. The Labute approximate surface area is 82.8 Å². The average molecular weight is 212 g/mol. The first-order valence-corrected chi connectivity index (χ1v) is 4.68. The SMILES string of the molecule is O=C(O)c1cccc(C(=O)O)c1CP. The van der Waals surface area contributed by atoms with E-state index in [2.05, 4.69) is 9.24 Å². The van der Waals surface area contributed by atoms with Crippen molar-refractivity contribution in [1.29, 1.82) is 0 Å². The Hall–Kier alpha value is -1.41. The highest BCUT2D eigenvalue weighted by molar-refractivity contribution is 7.15. The first-order chi connectivity index (χ1) is 6.57. The molecule has 1 rings (SSSR count). The smallest absolute Gasteiger partial charge is 0.336 e. The van der Waals surface area contributed by atoms with Gasteiger partial charge in [0.2, 0.25) is 0 Å². The number of carboxylic acid groups (broad SMARTS) is 2. The largest absolute Gasteiger partial charge is 0.478 e. The van der Waals surface area contributed by atoms with Gasteiger partial charge in [-0.05, 0) is 23.9 Å². The van der Waals surface area contributed by atoms with Gasteiger partial charge in [0, 0.05) is 0 Å². The van der Waals surface area contributed by atoms with Crippen molar-refractivity contribution in [3.8, 4) is 0 Å². The molecule has 74 valence electrons. The fourth-order valence-corrected chi connectivity index (χ4v) is 1.65. The zero-order valence-electron chi connectivity index (χ0n) is 7.23. The molecule has 0 heterocycles. The number of rotatable bonds is 3. The van der Waals surface area contributed by atoms with Crippen molar-refractivity contribution in [3.63, 3.8) is 0 Å². The molecule has 0 radical (unpaired) electrons. The molecule has 14 heavy (non-hydrogen) atoms. The maximum Gasteiger partial charge on any atom is 0.336 e. The Morgan fingerprint density at radius 2 is 1.57 bits per heavy atom. The molecule has 0 fully saturated rings. The van der Waals surface area contributed by atoms with Crippen LogP contribution in [-0.2, 0) is 6.16 Å². The standard InChI is InChI=1S/C9H9O4P/c10-8(11)5-2-1-3-6(9(12)13)7(5)4-14/h1-3H,4,14H2,(H,10,11)(H,12,13). The fraction of sp³-hybridized carbons (Fsp3) is 0.111. The van der Waals surface area contributed by atoms with E-state index in [1.54, 1.807) is 0 Å². The van der Waals surface area contributed by atoms with Crippen molar-refractivity contribution in [3.05, 3.63) is 34.9 Å². The van der Waals surface area contributed by atoms with E-state index < -0.39 is 11.9 Å². The van der Waals surface area contributed by atoms with Crippen molar-refractivity contribution in [2.75, 3.05) is 0 Å². The lowest BCUT2D eigenvalue weighted by Gasteiger charge is -2.06. The Morgan fingerprint density at radius 3 is 1.86 bits per heavy atom. The Kier molecular flexibility index (Phi) is 3.20. The number of hydrogen-bond acceptors (Lipinski definition) is 2. The van der Waals surface area contributed by atoms with E-state index in [4.69, 9.17) is 10.2 Å². The van der Waals surface area contributed by atoms with Gasteiger partial charge in [-0.2, -0.15) is 0 Å². The van der Waals surface area contributed by atoms with Gasteiger partial charge < -0.3 is 10.2 Å². The zero-order chi connectivity index (χ0) is 10.7. The summed E-state index contributed by atoms with van der Waals surface area (Å²) in [5.74, 6) is -2.21. The van der Waals surface area contributed by atoms with Crippen LogP contribution in [-0.4, -0.2) is 22.2 Å². The number of hydrogen-bond donors (Lipinski definition) is 2. The van der Waals surface area contributed by atoms with Crippen LogP contribution in [0.5, 0.6) is 0 Å². The number of benzene rings is 1. The molecule has 0 amide bonds. The van der Waals surface area contributed by atoms with E-state index in [0.717, 1.165) is 0 Å². The van der Waals surface area contributed by atoms with Crippen molar-refractivity contribution in [1.82, 2.24) is 0 Å². The second-order valence-electron chi connectivity index (χ2n) is 2.65. The van der Waals surface area contributed by atoms with Gasteiger partial charge in [0.1, 0.15) is 0 Å². The van der Waals surface area contributed by atoms with Gasteiger partial charge in [-0.25, -0.2) is 9.59 Å². The van der Waals surface area contributed by atoms with Crippen LogP contribution in [0.3, 0.4) is 0 Å². The lowest BCUT2D eigenvalue weighted by molar-refractivity contribution is 0.0696. The minimum absolute atomic E-state index is 0.0416. The normalized spacial score (nSPS) is 9.79. The monoisotopic (exact) mass is 212 g/mol. The highest BCUT2D eigenvalue weighted by Gasteiger charge is 2.15. The predicted molar refractivity (Wildman–Crippen MR) is 53.8 cm³/mol. The third-order valence-corrected chi connectivity index (χ3v) is 2.25. The Bertz CT molecular complexity index is 354.